The number of aromatic amines is 1. The first-order valence-corrected chi connectivity index (χ1v) is 12.0. The number of nitrogens with one attached hydrogen (secondary N) is 2. The molecule has 0 saturated carbocycles. The summed E-state index contributed by atoms with van der Waals surface area (Å²) in [4.78, 5) is 22.9. The minimum absolute atomic E-state index is 0.0792. The third kappa shape index (κ3) is 4.72. The van der Waals surface area contributed by atoms with Crippen molar-refractivity contribution in [2.75, 3.05) is 32.8 Å². The van der Waals surface area contributed by atoms with Crippen molar-refractivity contribution >= 4 is 27.7 Å². The quantitative estimate of drug-likeness (QED) is 0.363. The number of halogens is 1. The summed E-state index contributed by atoms with van der Waals surface area (Å²) in [6, 6.07) is 13.3. The zero-order chi connectivity index (χ0) is 24.4. The van der Waals surface area contributed by atoms with Crippen LogP contribution in [0.25, 0.3) is 21.8 Å². The number of pyridine rings is 1. The fourth-order valence-corrected chi connectivity index (χ4v) is 4.90. The van der Waals surface area contributed by atoms with Gasteiger partial charge in [-0.1, -0.05) is 24.3 Å². The molecule has 35 heavy (non-hydrogen) atoms. The number of nitrogens with zero attached hydrogens (tertiary/aromatic N) is 2. The smallest absolute Gasteiger partial charge is 0.234 e. The van der Waals surface area contributed by atoms with Crippen molar-refractivity contribution in [1.82, 2.24) is 20.2 Å². The van der Waals surface area contributed by atoms with Gasteiger partial charge in [-0.3, -0.25) is 14.7 Å². The van der Waals surface area contributed by atoms with Gasteiger partial charge in [-0.15, -0.1) is 0 Å². The normalized spacial score (nSPS) is 13.8. The Bertz CT molecular complexity index is 1380. The lowest BCUT2D eigenvalue weighted by atomic mass is 9.96. The first kappa shape index (κ1) is 23.3. The number of H-pyrrole nitrogens is 1. The van der Waals surface area contributed by atoms with Crippen molar-refractivity contribution in [3.63, 3.8) is 0 Å². The third-order valence-electron chi connectivity index (χ3n) is 6.43. The van der Waals surface area contributed by atoms with E-state index in [2.05, 4.69) is 27.3 Å². The van der Waals surface area contributed by atoms with Gasteiger partial charge in [0.15, 0.2) is 11.6 Å². The Morgan fingerprint density at radius 1 is 1.29 bits per heavy atom. The molecule has 0 bridgehead atoms. The summed E-state index contributed by atoms with van der Waals surface area (Å²) in [5.74, 6) is -0.239. The molecule has 0 radical (unpaired) electrons. The number of ether oxygens (including phenoxy) is 1. The average molecular weight is 477 g/mol. The van der Waals surface area contributed by atoms with E-state index in [1.54, 1.807) is 6.07 Å². The Morgan fingerprint density at radius 2 is 2.14 bits per heavy atom. The maximum absolute atomic E-state index is 14.5. The Hall–Kier alpha value is -3.49. The van der Waals surface area contributed by atoms with Crippen LogP contribution < -0.4 is 10.1 Å². The molecule has 3 N–H and O–H groups in total. The van der Waals surface area contributed by atoms with Crippen molar-refractivity contribution in [2.45, 2.75) is 26.3 Å². The second-order valence-corrected chi connectivity index (χ2v) is 8.81. The number of amides is 1. The zero-order valence-electron chi connectivity index (χ0n) is 19.7. The molecular weight excluding hydrogens is 447 g/mol. The van der Waals surface area contributed by atoms with E-state index in [-0.39, 0.29) is 37.2 Å². The van der Waals surface area contributed by atoms with E-state index in [0.717, 1.165) is 51.7 Å². The van der Waals surface area contributed by atoms with Crippen molar-refractivity contribution in [1.29, 1.82) is 0 Å². The number of aliphatic hydroxyl groups is 1. The van der Waals surface area contributed by atoms with E-state index in [0.29, 0.717) is 19.6 Å². The summed E-state index contributed by atoms with van der Waals surface area (Å²) in [7, 11) is 0. The number of rotatable bonds is 8. The number of fused-ring (bicyclic) bond motifs is 5. The number of carbonyl (C=O) groups excluding carboxylic acids is 1. The van der Waals surface area contributed by atoms with Crippen LogP contribution in [-0.2, 0) is 24.2 Å². The Kier molecular flexibility index (Phi) is 6.66. The van der Waals surface area contributed by atoms with Crippen molar-refractivity contribution in [3.8, 4) is 5.75 Å². The first-order chi connectivity index (χ1) is 17.1. The van der Waals surface area contributed by atoms with E-state index >= 15 is 0 Å². The SMILES string of the molecule is CCOc1ccc(Cc2nc3c(c4c2[nH]c2ccccc24)CCN(CC(=O)NCCO)C3)cc1F. The number of benzene rings is 2. The van der Waals surface area contributed by atoms with E-state index < -0.39 is 0 Å². The summed E-state index contributed by atoms with van der Waals surface area (Å²) in [6.07, 6.45) is 1.25. The molecule has 0 atom stereocenters. The third-order valence-corrected chi connectivity index (χ3v) is 6.43. The van der Waals surface area contributed by atoms with Gasteiger partial charge in [-0.2, -0.15) is 0 Å². The summed E-state index contributed by atoms with van der Waals surface area (Å²) in [6.45, 7) is 3.97. The fourth-order valence-electron chi connectivity index (χ4n) is 4.90. The van der Waals surface area contributed by atoms with Crippen LogP contribution in [0.2, 0.25) is 0 Å². The Morgan fingerprint density at radius 3 is 2.94 bits per heavy atom. The second kappa shape index (κ2) is 10.0. The van der Waals surface area contributed by atoms with Gasteiger partial charge < -0.3 is 20.1 Å². The van der Waals surface area contributed by atoms with Crippen LogP contribution in [0.4, 0.5) is 4.39 Å². The van der Waals surface area contributed by atoms with Crippen LogP contribution in [-0.4, -0.2) is 58.7 Å². The van der Waals surface area contributed by atoms with E-state index in [9.17, 15) is 9.18 Å². The summed E-state index contributed by atoms with van der Waals surface area (Å²) < 4.78 is 19.9. The molecule has 0 spiro atoms. The number of hydrogen-bond donors (Lipinski definition) is 3. The maximum Gasteiger partial charge on any atom is 0.234 e. The number of hydrogen-bond acceptors (Lipinski definition) is 5. The largest absolute Gasteiger partial charge is 0.491 e. The molecule has 3 heterocycles. The predicted molar refractivity (Wildman–Crippen MR) is 133 cm³/mol. The molecule has 2 aromatic carbocycles. The molecule has 7 nitrogen and oxygen atoms in total. The van der Waals surface area contributed by atoms with Crippen LogP contribution in [0.1, 0.15) is 29.4 Å². The summed E-state index contributed by atoms with van der Waals surface area (Å²) in [5.41, 5.74) is 5.84. The molecule has 0 fully saturated rings. The lowest BCUT2D eigenvalue weighted by Gasteiger charge is -2.28. The van der Waals surface area contributed by atoms with Gasteiger partial charge in [0.1, 0.15) is 0 Å². The predicted octanol–water partition coefficient (Wildman–Crippen LogP) is 3.31. The number of para-hydroxylation sites is 1. The highest BCUT2D eigenvalue weighted by atomic mass is 19.1. The van der Waals surface area contributed by atoms with Crippen LogP contribution in [0.15, 0.2) is 42.5 Å². The highest BCUT2D eigenvalue weighted by Crippen LogP contribution is 2.35. The van der Waals surface area contributed by atoms with Gasteiger partial charge in [0.2, 0.25) is 5.91 Å². The van der Waals surface area contributed by atoms with Gasteiger partial charge in [-0.05, 0) is 42.7 Å². The lowest BCUT2D eigenvalue weighted by molar-refractivity contribution is -0.122. The molecule has 4 aromatic rings. The molecule has 1 amide bonds. The molecule has 1 aliphatic rings. The molecule has 2 aromatic heterocycles. The van der Waals surface area contributed by atoms with Crippen LogP contribution in [0.3, 0.4) is 0 Å². The lowest BCUT2D eigenvalue weighted by Crippen LogP contribution is -2.41. The first-order valence-electron chi connectivity index (χ1n) is 12.0. The molecule has 0 saturated heterocycles. The number of aliphatic hydroxyl groups excluding tert-OH is 1. The second-order valence-electron chi connectivity index (χ2n) is 8.81. The molecule has 1 aliphatic heterocycles. The minimum atomic E-state index is -0.379. The highest BCUT2D eigenvalue weighted by Gasteiger charge is 2.25. The Labute approximate surface area is 202 Å². The van der Waals surface area contributed by atoms with Crippen LogP contribution in [0.5, 0.6) is 5.75 Å². The molecular formula is C27H29FN4O3. The van der Waals surface area contributed by atoms with Crippen LogP contribution >= 0.6 is 0 Å². The molecule has 8 heteroatoms. The minimum Gasteiger partial charge on any atom is -0.491 e. The fraction of sp³-hybridized carbons (Fsp3) is 0.333. The summed E-state index contributed by atoms with van der Waals surface area (Å²) >= 11 is 0. The van der Waals surface area contributed by atoms with Crippen molar-refractivity contribution in [3.05, 3.63) is 70.8 Å². The van der Waals surface area contributed by atoms with Gasteiger partial charge >= 0.3 is 0 Å². The van der Waals surface area contributed by atoms with E-state index in [1.165, 1.54) is 11.6 Å². The molecule has 182 valence electrons. The summed E-state index contributed by atoms with van der Waals surface area (Å²) in [5, 5.41) is 14.0. The maximum atomic E-state index is 14.5. The van der Waals surface area contributed by atoms with Gasteiger partial charge in [0, 0.05) is 42.3 Å². The van der Waals surface area contributed by atoms with Crippen LogP contribution in [0, 0.1) is 5.82 Å². The van der Waals surface area contributed by atoms with Gasteiger partial charge in [-0.25, -0.2) is 4.39 Å². The molecule has 5 rings (SSSR count). The van der Waals surface area contributed by atoms with E-state index in [4.69, 9.17) is 14.8 Å². The Balaban J connectivity index is 1.53. The highest BCUT2D eigenvalue weighted by molar-refractivity contribution is 6.10. The standard InChI is InChI=1S/C27H29FN4O3/c1-2-35-24-8-7-17(13-20(24)28)14-22-27-26(18-5-3-4-6-21(18)31-27)19-9-11-32(15-23(19)30-22)16-25(34)29-10-12-33/h3-8,13,31,33H,2,9-12,14-16H2,1H3,(H,29,34). The topological polar surface area (TPSA) is 90.5 Å². The molecule has 0 unspecified atom stereocenters. The average Bonchev–Trinajstić information content (AvgIpc) is 3.25. The zero-order valence-corrected chi connectivity index (χ0v) is 19.7. The van der Waals surface area contributed by atoms with Crippen molar-refractivity contribution < 1.29 is 19.0 Å². The monoisotopic (exact) mass is 476 g/mol. The number of carbonyl (C=O) groups is 1. The number of aromatic nitrogens is 2. The van der Waals surface area contributed by atoms with E-state index in [1.807, 2.05) is 25.1 Å². The van der Waals surface area contributed by atoms with Gasteiger partial charge in [0.25, 0.3) is 0 Å². The van der Waals surface area contributed by atoms with Crippen molar-refractivity contribution in [2.24, 2.45) is 0 Å². The molecule has 0 aliphatic carbocycles. The van der Waals surface area contributed by atoms with Gasteiger partial charge in [0.05, 0.1) is 36.7 Å².